The average molecular weight is 363 g/mol. The van der Waals surface area contributed by atoms with Crippen LogP contribution in [-0.2, 0) is 10.5 Å². The van der Waals surface area contributed by atoms with Gasteiger partial charge in [0.1, 0.15) is 5.75 Å². The molecule has 0 saturated carbocycles. The number of hydrogen-bond donors (Lipinski definition) is 1. The Bertz CT molecular complexity index is 690. The Morgan fingerprint density at radius 1 is 1.25 bits per heavy atom. The maximum Gasteiger partial charge on any atom is 0.250 e. The molecule has 24 heavy (non-hydrogen) atoms. The number of benzene rings is 2. The Morgan fingerprint density at radius 2 is 2.00 bits per heavy atom. The first kappa shape index (κ1) is 18.4. The van der Waals surface area contributed by atoms with Gasteiger partial charge in [-0.15, -0.1) is 11.8 Å². The zero-order chi connectivity index (χ0) is 17.2. The maximum absolute atomic E-state index is 11.7. The molecule has 1 amide bonds. The molecule has 1 N–H and O–H groups in total. The zero-order valence-electron chi connectivity index (χ0n) is 13.4. The Labute approximate surface area is 151 Å². The normalized spacial score (nSPS) is 10.8. The van der Waals surface area contributed by atoms with Gasteiger partial charge in [0.25, 0.3) is 0 Å². The number of rotatable bonds is 8. The summed E-state index contributed by atoms with van der Waals surface area (Å²) in [4.78, 5) is 11.7. The van der Waals surface area contributed by atoms with Crippen LogP contribution in [0.15, 0.2) is 53.6 Å². The highest BCUT2D eigenvalue weighted by Crippen LogP contribution is 2.20. The Morgan fingerprint density at radius 3 is 2.71 bits per heavy atom. The molecule has 0 aromatic heterocycles. The third-order valence-corrected chi connectivity index (χ3v) is 4.39. The van der Waals surface area contributed by atoms with E-state index in [2.05, 4.69) is 10.5 Å². The Hall–Kier alpha value is -1.98. The van der Waals surface area contributed by atoms with Crippen molar-refractivity contribution in [3.8, 4) is 5.75 Å². The van der Waals surface area contributed by atoms with Gasteiger partial charge in [-0.2, -0.15) is 5.10 Å². The van der Waals surface area contributed by atoms with Crippen molar-refractivity contribution < 1.29 is 9.53 Å². The second-order valence-corrected chi connectivity index (χ2v) is 6.27. The average Bonchev–Trinajstić information content (AvgIpc) is 2.58. The van der Waals surface area contributed by atoms with E-state index in [1.165, 1.54) is 11.8 Å². The lowest BCUT2D eigenvalue weighted by Crippen LogP contribution is -2.19. The van der Waals surface area contributed by atoms with E-state index in [0.29, 0.717) is 18.1 Å². The van der Waals surface area contributed by atoms with Crippen LogP contribution in [0.2, 0.25) is 5.02 Å². The molecule has 126 valence electrons. The van der Waals surface area contributed by atoms with E-state index in [4.69, 9.17) is 16.3 Å². The van der Waals surface area contributed by atoms with Gasteiger partial charge < -0.3 is 4.74 Å². The monoisotopic (exact) mass is 362 g/mol. The molecule has 2 aromatic carbocycles. The fourth-order valence-electron chi connectivity index (χ4n) is 1.90. The molecule has 6 heteroatoms. The molecule has 0 heterocycles. The van der Waals surface area contributed by atoms with E-state index < -0.39 is 0 Å². The minimum atomic E-state index is -0.144. The van der Waals surface area contributed by atoms with Gasteiger partial charge in [-0.25, -0.2) is 5.43 Å². The molecule has 0 radical (unpaired) electrons. The van der Waals surface area contributed by atoms with Crippen LogP contribution in [0.4, 0.5) is 0 Å². The van der Waals surface area contributed by atoms with Crippen LogP contribution in [-0.4, -0.2) is 24.5 Å². The van der Waals surface area contributed by atoms with Crippen molar-refractivity contribution in [2.45, 2.75) is 12.7 Å². The summed E-state index contributed by atoms with van der Waals surface area (Å²) in [5, 5.41) is 4.68. The van der Waals surface area contributed by atoms with Crippen molar-refractivity contribution in [1.29, 1.82) is 0 Å². The molecule has 0 spiro atoms. The van der Waals surface area contributed by atoms with Gasteiger partial charge in [0.15, 0.2) is 0 Å². The minimum Gasteiger partial charge on any atom is -0.494 e. The van der Waals surface area contributed by atoms with Crippen LogP contribution in [0.3, 0.4) is 0 Å². The highest BCUT2D eigenvalue weighted by molar-refractivity contribution is 7.99. The Balaban J connectivity index is 1.71. The van der Waals surface area contributed by atoms with Crippen molar-refractivity contribution in [3.05, 3.63) is 64.7 Å². The molecule has 0 aliphatic heterocycles. The summed E-state index contributed by atoms with van der Waals surface area (Å²) in [6, 6.07) is 15.1. The van der Waals surface area contributed by atoms with Crippen LogP contribution in [0.25, 0.3) is 0 Å². The molecule has 2 rings (SSSR count). The van der Waals surface area contributed by atoms with Gasteiger partial charge in [-0.3, -0.25) is 4.79 Å². The number of ether oxygens (including phenoxy) is 1. The standard InChI is InChI=1S/C18H19ClN2O2S/c1-2-23-16-9-7-14(8-10-16)11-20-21-18(22)13-24-12-15-5-3-4-6-17(15)19/h3-11H,2,12-13H2,1H3,(H,21,22)/b20-11-. The molecule has 0 fully saturated rings. The molecule has 0 atom stereocenters. The van der Waals surface area contributed by atoms with Gasteiger partial charge >= 0.3 is 0 Å². The number of thioether (sulfide) groups is 1. The smallest absolute Gasteiger partial charge is 0.250 e. The van der Waals surface area contributed by atoms with E-state index >= 15 is 0 Å². The molecule has 0 aliphatic carbocycles. The summed E-state index contributed by atoms with van der Waals surface area (Å²) in [5.41, 5.74) is 4.43. The van der Waals surface area contributed by atoms with E-state index in [1.807, 2.05) is 55.5 Å². The van der Waals surface area contributed by atoms with Crippen molar-refractivity contribution in [3.63, 3.8) is 0 Å². The van der Waals surface area contributed by atoms with Crippen molar-refractivity contribution in [1.82, 2.24) is 5.43 Å². The first-order chi connectivity index (χ1) is 11.7. The molecule has 2 aromatic rings. The van der Waals surface area contributed by atoms with Gasteiger partial charge in [-0.05, 0) is 48.4 Å². The van der Waals surface area contributed by atoms with Crippen LogP contribution in [0, 0.1) is 0 Å². The minimum absolute atomic E-state index is 0.144. The lowest BCUT2D eigenvalue weighted by atomic mass is 10.2. The third-order valence-electron chi connectivity index (χ3n) is 3.04. The highest BCUT2D eigenvalue weighted by Gasteiger charge is 2.03. The van der Waals surface area contributed by atoms with Crippen molar-refractivity contribution >= 4 is 35.5 Å². The number of carbonyl (C=O) groups is 1. The van der Waals surface area contributed by atoms with Crippen LogP contribution < -0.4 is 10.2 Å². The maximum atomic E-state index is 11.7. The summed E-state index contributed by atoms with van der Waals surface area (Å²) in [6.45, 7) is 2.57. The number of hydrazone groups is 1. The largest absolute Gasteiger partial charge is 0.494 e. The molecule has 0 saturated heterocycles. The number of nitrogens with zero attached hydrogens (tertiary/aromatic N) is 1. The second-order valence-electron chi connectivity index (χ2n) is 4.88. The van der Waals surface area contributed by atoms with E-state index in [0.717, 1.165) is 21.9 Å². The zero-order valence-corrected chi connectivity index (χ0v) is 14.9. The summed E-state index contributed by atoms with van der Waals surface area (Å²) in [5.74, 6) is 1.69. The van der Waals surface area contributed by atoms with E-state index in [1.54, 1.807) is 6.21 Å². The predicted octanol–water partition coefficient (Wildman–Crippen LogP) is 4.12. The van der Waals surface area contributed by atoms with Crippen LogP contribution >= 0.6 is 23.4 Å². The van der Waals surface area contributed by atoms with Gasteiger partial charge in [-0.1, -0.05) is 29.8 Å². The third kappa shape index (κ3) is 6.26. The number of nitrogens with one attached hydrogen (secondary N) is 1. The molecule has 0 unspecified atom stereocenters. The van der Waals surface area contributed by atoms with Gasteiger partial charge in [0.2, 0.25) is 5.91 Å². The summed E-state index contributed by atoms with van der Waals surface area (Å²) in [7, 11) is 0. The SMILES string of the molecule is CCOc1ccc(/C=N\NC(=O)CSCc2ccccc2Cl)cc1. The van der Waals surface area contributed by atoms with Crippen molar-refractivity contribution in [2.24, 2.45) is 5.10 Å². The number of halogens is 1. The van der Waals surface area contributed by atoms with Crippen LogP contribution in [0.1, 0.15) is 18.1 Å². The summed E-state index contributed by atoms with van der Waals surface area (Å²) < 4.78 is 5.37. The molecule has 0 bridgehead atoms. The first-order valence-corrected chi connectivity index (χ1v) is 9.08. The second kappa shape index (κ2) is 10.0. The first-order valence-electron chi connectivity index (χ1n) is 7.55. The fraction of sp³-hybridized carbons (Fsp3) is 0.222. The molecular weight excluding hydrogens is 344 g/mol. The van der Waals surface area contributed by atoms with E-state index in [-0.39, 0.29) is 5.91 Å². The van der Waals surface area contributed by atoms with Crippen LogP contribution in [0.5, 0.6) is 5.75 Å². The molecular formula is C18H19ClN2O2S. The van der Waals surface area contributed by atoms with Crippen molar-refractivity contribution in [2.75, 3.05) is 12.4 Å². The molecule has 4 nitrogen and oxygen atoms in total. The molecule has 0 aliphatic rings. The highest BCUT2D eigenvalue weighted by atomic mass is 35.5. The van der Waals surface area contributed by atoms with Gasteiger partial charge in [0.05, 0.1) is 18.6 Å². The topological polar surface area (TPSA) is 50.7 Å². The number of amides is 1. The lowest BCUT2D eigenvalue weighted by Gasteiger charge is -2.04. The summed E-state index contributed by atoms with van der Waals surface area (Å²) >= 11 is 7.57. The Kier molecular flexibility index (Phi) is 7.65. The fourth-order valence-corrected chi connectivity index (χ4v) is 3.00. The quantitative estimate of drug-likeness (QED) is 0.567. The number of carbonyl (C=O) groups excluding carboxylic acids is 1. The van der Waals surface area contributed by atoms with Gasteiger partial charge in [0, 0.05) is 10.8 Å². The predicted molar refractivity (Wildman–Crippen MR) is 101 cm³/mol. The lowest BCUT2D eigenvalue weighted by molar-refractivity contribution is -0.118. The number of hydrogen-bond acceptors (Lipinski definition) is 4. The summed E-state index contributed by atoms with van der Waals surface area (Å²) in [6.07, 6.45) is 1.60. The van der Waals surface area contributed by atoms with E-state index in [9.17, 15) is 4.79 Å².